The van der Waals surface area contributed by atoms with Gasteiger partial charge >= 0.3 is 0 Å². The molecule has 2 aromatic heterocycles. The van der Waals surface area contributed by atoms with Crippen LogP contribution in [-0.2, 0) is 11.3 Å². The normalized spacial score (nSPS) is 13.2. The maximum Gasteiger partial charge on any atom is 0.265 e. The van der Waals surface area contributed by atoms with Crippen LogP contribution >= 0.6 is 11.5 Å². The van der Waals surface area contributed by atoms with E-state index in [4.69, 9.17) is 0 Å². The molecule has 2 amide bonds. The highest BCUT2D eigenvalue weighted by atomic mass is 32.1. The average molecular weight is 407 g/mol. The summed E-state index contributed by atoms with van der Waals surface area (Å²) in [6.45, 7) is 4.52. The lowest BCUT2D eigenvalue weighted by Gasteiger charge is -2.10. The summed E-state index contributed by atoms with van der Waals surface area (Å²) in [5.41, 5.74) is 5.03. The Morgan fingerprint density at radius 1 is 1.14 bits per heavy atom. The summed E-state index contributed by atoms with van der Waals surface area (Å²) in [4.78, 5) is 30.0. The van der Waals surface area contributed by atoms with Gasteiger partial charge in [0, 0.05) is 18.7 Å². The fraction of sp³-hybridized carbons (Fsp3) is 0.273. The fourth-order valence-corrected chi connectivity index (χ4v) is 3.75. The summed E-state index contributed by atoms with van der Waals surface area (Å²) in [7, 11) is 0. The van der Waals surface area contributed by atoms with Gasteiger partial charge in [0.1, 0.15) is 10.6 Å². The van der Waals surface area contributed by atoms with Crippen molar-refractivity contribution in [2.45, 2.75) is 33.2 Å². The van der Waals surface area contributed by atoms with Crippen LogP contribution in [0.4, 0.5) is 5.69 Å². The second-order valence-electron chi connectivity index (χ2n) is 7.32. The molecular formula is C22H22N4O2S. The molecule has 0 atom stereocenters. The highest BCUT2D eigenvalue weighted by Gasteiger charge is 2.32. The zero-order chi connectivity index (χ0) is 20.4. The topological polar surface area (TPSA) is 84.0 Å². The fourth-order valence-electron chi connectivity index (χ4n) is 2.99. The summed E-state index contributed by atoms with van der Waals surface area (Å²) < 4.78 is 4.42. The summed E-state index contributed by atoms with van der Waals surface area (Å²) >= 11 is 1.08. The number of benzene rings is 1. The van der Waals surface area contributed by atoms with Gasteiger partial charge in [-0.1, -0.05) is 24.3 Å². The Hall–Kier alpha value is -3.06. The Kier molecular flexibility index (Phi) is 5.40. The molecule has 1 aliphatic carbocycles. The van der Waals surface area contributed by atoms with Crippen LogP contribution < -0.4 is 10.6 Å². The van der Waals surface area contributed by atoms with Gasteiger partial charge in [-0.25, -0.2) is 0 Å². The minimum absolute atomic E-state index is 0.0259. The smallest absolute Gasteiger partial charge is 0.265 e. The van der Waals surface area contributed by atoms with Crippen molar-refractivity contribution in [3.05, 3.63) is 64.2 Å². The maximum atomic E-state index is 12.9. The lowest BCUT2D eigenvalue weighted by molar-refractivity contribution is -0.117. The number of amides is 2. The molecule has 0 unspecified atom stereocenters. The van der Waals surface area contributed by atoms with Gasteiger partial charge in [-0.15, -0.1) is 0 Å². The number of aryl methyl sites for hydroxylation is 2. The van der Waals surface area contributed by atoms with E-state index in [1.165, 1.54) is 11.1 Å². The third kappa shape index (κ3) is 4.35. The van der Waals surface area contributed by atoms with E-state index in [1.54, 1.807) is 6.20 Å². The van der Waals surface area contributed by atoms with Crippen LogP contribution in [0.15, 0.2) is 42.6 Å². The van der Waals surface area contributed by atoms with Crippen LogP contribution in [0, 0.1) is 19.8 Å². The molecule has 4 rings (SSSR count). The molecule has 29 heavy (non-hydrogen) atoms. The molecule has 1 saturated carbocycles. The number of hydrogen-bond acceptors (Lipinski definition) is 5. The quantitative estimate of drug-likeness (QED) is 0.645. The molecule has 0 saturated heterocycles. The van der Waals surface area contributed by atoms with Gasteiger partial charge in [0.05, 0.1) is 11.4 Å². The molecule has 2 N–H and O–H groups in total. The van der Waals surface area contributed by atoms with Crippen LogP contribution in [0.5, 0.6) is 0 Å². The minimum atomic E-state index is -0.256. The Morgan fingerprint density at radius 2 is 1.97 bits per heavy atom. The van der Waals surface area contributed by atoms with E-state index in [-0.39, 0.29) is 17.7 Å². The lowest BCUT2D eigenvalue weighted by atomic mass is 10.1. The first-order chi connectivity index (χ1) is 14.0. The predicted molar refractivity (Wildman–Crippen MR) is 114 cm³/mol. The highest BCUT2D eigenvalue weighted by Crippen LogP contribution is 2.35. The SMILES string of the molecule is Cc1ccc(CNC(=O)c2snc(-c3ccccn3)c2NC(=O)C2CC2)cc1C. The van der Waals surface area contributed by atoms with Crippen molar-refractivity contribution in [1.82, 2.24) is 14.7 Å². The molecule has 0 aliphatic heterocycles. The summed E-state index contributed by atoms with van der Waals surface area (Å²) in [6.07, 6.45) is 3.44. The first-order valence-corrected chi connectivity index (χ1v) is 10.4. The third-order valence-electron chi connectivity index (χ3n) is 5.03. The van der Waals surface area contributed by atoms with Crippen molar-refractivity contribution in [2.75, 3.05) is 5.32 Å². The molecule has 0 bridgehead atoms. The molecule has 2 heterocycles. The molecule has 0 spiro atoms. The van der Waals surface area contributed by atoms with Crippen LogP contribution in [0.25, 0.3) is 11.4 Å². The number of hydrogen-bond donors (Lipinski definition) is 2. The van der Waals surface area contributed by atoms with Crippen molar-refractivity contribution in [1.29, 1.82) is 0 Å². The molecule has 1 aromatic carbocycles. The van der Waals surface area contributed by atoms with Gasteiger partial charge in [0.15, 0.2) is 0 Å². The number of pyridine rings is 1. The minimum Gasteiger partial charge on any atom is -0.347 e. The molecule has 6 nitrogen and oxygen atoms in total. The molecule has 1 aliphatic rings. The molecule has 1 fully saturated rings. The van der Waals surface area contributed by atoms with E-state index >= 15 is 0 Å². The van der Waals surface area contributed by atoms with Gasteiger partial charge in [0.2, 0.25) is 5.91 Å². The number of rotatable bonds is 6. The largest absolute Gasteiger partial charge is 0.347 e. The van der Waals surface area contributed by atoms with E-state index in [2.05, 4.69) is 39.9 Å². The Bertz CT molecular complexity index is 1060. The summed E-state index contributed by atoms with van der Waals surface area (Å²) in [5.74, 6) is -0.294. The first kappa shape index (κ1) is 19.3. The Labute approximate surface area is 173 Å². The number of carbonyl (C=O) groups excluding carboxylic acids is 2. The van der Waals surface area contributed by atoms with Crippen LogP contribution in [0.3, 0.4) is 0 Å². The number of nitrogens with one attached hydrogen (secondary N) is 2. The molecule has 0 radical (unpaired) electrons. The van der Waals surface area contributed by atoms with E-state index in [9.17, 15) is 9.59 Å². The van der Waals surface area contributed by atoms with Gasteiger partial charge in [-0.3, -0.25) is 14.6 Å². The van der Waals surface area contributed by atoms with Gasteiger partial charge in [-0.2, -0.15) is 4.37 Å². The van der Waals surface area contributed by atoms with Crippen molar-refractivity contribution in [3.8, 4) is 11.4 Å². The Morgan fingerprint density at radius 3 is 2.66 bits per heavy atom. The summed E-state index contributed by atoms with van der Waals surface area (Å²) in [5, 5.41) is 5.87. The lowest BCUT2D eigenvalue weighted by Crippen LogP contribution is -2.24. The zero-order valence-electron chi connectivity index (χ0n) is 16.4. The first-order valence-electron chi connectivity index (χ1n) is 9.59. The highest BCUT2D eigenvalue weighted by molar-refractivity contribution is 7.09. The number of carbonyl (C=O) groups is 2. The van der Waals surface area contributed by atoms with Crippen LogP contribution in [0.2, 0.25) is 0 Å². The average Bonchev–Trinajstić information content (AvgIpc) is 3.50. The van der Waals surface area contributed by atoms with Crippen molar-refractivity contribution >= 4 is 29.0 Å². The second-order valence-corrected chi connectivity index (χ2v) is 8.09. The third-order valence-corrected chi connectivity index (χ3v) is 5.87. The van der Waals surface area contributed by atoms with Crippen molar-refractivity contribution in [3.63, 3.8) is 0 Å². The van der Waals surface area contributed by atoms with Crippen LogP contribution in [0.1, 0.15) is 39.2 Å². The van der Waals surface area contributed by atoms with E-state index in [1.807, 2.05) is 30.3 Å². The molecule has 148 valence electrons. The number of aromatic nitrogens is 2. The van der Waals surface area contributed by atoms with E-state index in [0.29, 0.717) is 28.5 Å². The van der Waals surface area contributed by atoms with Gasteiger partial charge in [0.25, 0.3) is 5.91 Å². The number of anilines is 1. The number of nitrogens with zero attached hydrogens (tertiary/aromatic N) is 2. The molecule has 7 heteroatoms. The van der Waals surface area contributed by atoms with Crippen LogP contribution in [-0.4, -0.2) is 21.2 Å². The van der Waals surface area contributed by atoms with Crippen molar-refractivity contribution in [2.24, 2.45) is 5.92 Å². The maximum absolute atomic E-state index is 12.9. The predicted octanol–water partition coefficient (Wildman–Crippen LogP) is 4.10. The standard InChI is InChI=1S/C22H22N4O2S/c1-13-6-7-15(11-14(13)2)12-24-22(28)20-19(25-21(27)16-8-9-16)18(26-29-20)17-5-3-4-10-23-17/h3-7,10-11,16H,8-9,12H2,1-2H3,(H,24,28)(H,25,27). The Balaban J connectivity index is 1.58. The van der Waals surface area contributed by atoms with Gasteiger partial charge < -0.3 is 10.6 Å². The molecular weight excluding hydrogens is 384 g/mol. The van der Waals surface area contributed by atoms with E-state index in [0.717, 1.165) is 29.9 Å². The zero-order valence-corrected chi connectivity index (χ0v) is 17.2. The molecule has 3 aromatic rings. The van der Waals surface area contributed by atoms with E-state index < -0.39 is 0 Å². The monoisotopic (exact) mass is 406 g/mol. The summed E-state index contributed by atoms with van der Waals surface area (Å²) in [6, 6.07) is 11.6. The second kappa shape index (κ2) is 8.13. The van der Waals surface area contributed by atoms with Gasteiger partial charge in [-0.05, 0) is 67.0 Å². The van der Waals surface area contributed by atoms with Crippen molar-refractivity contribution < 1.29 is 9.59 Å².